The topological polar surface area (TPSA) is 104 Å². The van der Waals surface area contributed by atoms with Crippen LogP contribution in [0.15, 0.2) is 6.33 Å². The molecule has 0 aliphatic heterocycles. The summed E-state index contributed by atoms with van der Waals surface area (Å²) in [6, 6.07) is 0. The minimum Gasteiger partial charge on any atom is -0.493 e. The van der Waals surface area contributed by atoms with Gasteiger partial charge in [-0.15, -0.1) is 0 Å². The van der Waals surface area contributed by atoms with Crippen molar-refractivity contribution in [1.82, 2.24) is 9.97 Å². The van der Waals surface area contributed by atoms with Crippen molar-refractivity contribution in [2.24, 2.45) is 5.92 Å². The van der Waals surface area contributed by atoms with E-state index < -0.39 is 11.9 Å². The van der Waals surface area contributed by atoms with E-state index in [0.29, 0.717) is 0 Å². The number of carboxylic acids is 1. The standard InChI is InChI=1S/C8H10N2O4/c1-4(8(13)14)2-5-6(11)9-3-10-7(5)12/h3-4H,2H2,1H3,(H,13,14)(H2,9,10,11,12). The van der Waals surface area contributed by atoms with E-state index in [1.165, 1.54) is 6.92 Å². The van der Waals surface area contributed by atoms with Crippen molar-refractivity contribution in [1.29, 1.82) is 0 Å². The van der Waals surface area contributed by atoms with Gasteiger partial charge in [-0.05, 0) is 6.42 Å². The highest BCUT2D eigenvalue weighted by molar-refractivity contribution is 5.70. The molecule has 3 N–H and O–H groups in total. The summed E-state index contributed by atoms with van der Waals surface area (Å²) >= 11 is 0. The van der Waals surface area contributed by atoms with Crippen molar-refractivity contribution in [2.45, 2.75) is 13.3 Å². The molecule has 0 spiro atoms. The Bertz CT molecular complexity index is 333. The molecular formula is C8H10N2O4. The molecule has 0 aliphatic carbocycles. The second-order valence-electron chi connectivity index (χ2n) is 2.94. The molecule has 6 nitrogen and oxygen atoms in total. The van der Waals surface area contributed by atoms with Crippen LogP contribution in [0.5, 0.6) is 11.8 Å². The van der Waals surface area contributed by atoms with Gasteiger partial charge < -0.3 is 15.3 Å². The van der Waals surface area contributed by atoms with Crippen molar-refractivity contribution in [3.05, 3.63) is 11.9 Å². The highest BCUT2D eigenvalue weighted by Gasteiger charge is 2.18. The van der Waals surface area contributed by atoms with Crippen LogP contribution in [-0.4, -0.2) is 31.3 Å². The molecule has 1 rings (SSSR count). The first kappa shape index (κ1) is 10.2. The maximum atomic E-state index is 10.5. The summed E-state index contributed by atoms with van der Waals surface area (Å²) in [5.74, 6) is -2.48. The minimum absolute atomic E-state index is 0.00611. The molecule has 1 heterocycles. The molecule has 0 aromatic carbocycles. The lowest BCUT2D eigenvalue weighted by Crippen LogP contribution is -2.12. The number of aliphatic carboxylic acids is 1. The maximum Gasteiger partial charge on any atom is 0.306 e. The Morgan fingerprint density at radius 1 is 1.43 bits per heavy atom. The third-order valence-electron chi connectivity index (χ3n) is 1.83. The molecule has 0 saturated heterocycles. The summed E-state index contributed by atoms with van der Waals surface area (Å²) in [5, 5.41) is 27.1. The van der Waals surface area contributed by atoms with Crippen molar-refractivity contribution in [2.75, 3.05) is 0 Å². The smallest absolute Gasteiger partial charge is 0.306 e. The molecule has 0 fully saturated rings. The van der Waals surface area contributed by atoms with Gasteiger partial charge in [0.2, 0.25) is 11.8 Å². The Balaban J connectivity index is 2.91. The van der Waals surface area contributed by atoms with Crippen LogP contribution < -0.4 is 0 Å². The molecule has 76 valence electrons. The Labute approximate surface area is 79.9 Å². The molecule has 0 saturated carbocycles. The Hall–Kier alpha value is -1.85. The van der Waals surface area contributed by atoms with Crippen molar-refractivity contribution >= 4 is 5.97 Å². The fourth-order valence-corrected chi connectivity index (χ4v) is 0.970. The SMILES string of the molecule is CC(Cc1c(O)ncnc1O)C(=O)O. The maximum absolute atomic E-state index is 10.5. The largest absolute Gasteiger partial charge is 0.493 e. The average molecular weight is 198 g/mol. The van der Waals surface area contributed by atoms with Crippen molar-refractivity contribution < 1.29 is 20.1 Å². The first-order valence-corrected chi connectivity index (χ1v) is 3.97. The summed E-state index contributed by atoms with van der Waals surface area (Å²) < 4.78 is 0. The second-order valence-corrected chi connectivity index (χ2v) is 2.94. The lowest BCUT2D eigenvalue weighted by atomic mass is 10.0. The zero-order valence-corrected chi connectivity index (χ0v) is 7.51. The molecule has 0 amide bonds. The fourth-order valence-electron chi connectivity index (χ4n) is 0.970. The number of carboxylic acid groups (broad SMARTS) is 1. The van der Waals surface area contributed by atoms with Gasteiger partial charge in [-0.3, -0.25) is 4.79 Å². The molecule has 14 heavy (non-hydrogen) atoms. The highest BCUT2D eigenvalue weighted by Crippen LogP contribution is 2.24. The van der Waals surface area contributed by atoms with Crippen LogP contribution in [0.2, 0.25) is 0 Å². The van der Waals surface area contributed by atoms with Gasteiger partial charge in [0, 0.05) is 0 Å². The quantitative estimate of drug-likeness (QED) is 0.638. The lowest BCUT2D eigenvalue weighted by molar-refractivity contribution is -0.141. The normalized spacial score (nSPS) is 12.4. The van der Waals surface area contributed by atoms with Crippen molar-refractivity contribution in [3.63, 3.8) is 0 Å². The molecule has 0 radical (unpaired) electrons. The van der Waals surface area contributed by atoms with Gasteiger partial charge in [-0.2, -0.15) is 0 Å². The molecule has 0 aliphatic rings. The van der Waals surface area contributed by atoms with Gasteiger partial charge >= 0.3 is 5.97 Å². The van der Waals surface area contributed by atoms with Gasteiger partial charge in [-0.1, -0.05) is 6.92 Å². The molecule has 6 heteroatoms. The summed E-state index contributed by atoms with van der Waals surface area (Å²) in [6.07, 6.45) is 0.993. The van der Waals surface area contributed by atoms with Crippen LogP contribution in [0.1, 0.15) is 12.5 Å². The monoisotopic (exact) mass is 198 g/mol. The van der Waals surface area contributed by atoms with Gasteiger partial charge in [0.15, 0.2) is 0 Å². The van der Waals surface area contributed by atoms with Crippen LogP contribution in [-0.2, 0) is 11.2 Å². The predicted octanol–water partition coefficient (Wildman–Crippen LogP) is 0.151. The minimum atomic E-state index is -1.01. The fraction of sp³-hybridized carbons (Fsp3) is 0.375. The molecule has 0 bridgehead atoms. The van der Waals surface area contributed by atoms with Gasteiger partial charge in [0.25, 0.3) is 0 Å². The highest BCUT2D eigenvalue weighted by atomic mass is 16.4. The van der Waals surface area contributed by atoms with E-state index in [0.717, 1.165) is 6.33 Å². The van der Waals surface area contributed by atoms with E-state index in [1.54, 1.807) is 0 Å². The molecule has 1 aromatic heterocycles. The van der Waals surface area contributed by atoms with Gasteiger partial charge in [0.1, 0.15) is 6.33 Å². The number of aromatic nitrogens is 2. The number of rotatable bonds is 3. The number of carbonyl (C=O) groups is 1. The van der Waals surface area contributed by atoms with Crippen LogP contribution in [0.25, 0.3) is 0 Å². The number of hydrogen-bond donors (Lipinski definition) is 3. The van der Waals surface area contributed by atoms with Crippen LogP contribution in [0.4, 0.5) is 0 Å². The summed E-state index contributed by atoms with van der Waals surface area (Å²) in [7, 11) is 0. The van der Waals surface area contributed by atoms with E-state index in [2.05, 4.69) is 9.97 Å². The third kappa shape index (κ3) is 2.09. The van der Waals surface area contributed by atoms with E-state index in [1.807, 2.05) is 0 Å². The van der Waals surface area contributed by atoms with Gasteiger partial charge in [0.05, 0.1) is 11.5 Å². The van der Waals surface area contributed by atoms with Crippen LogP contribution in [0, 0.1) is 5.92 Å². The average Bonchev–Trinajstić information content (AvgIpc) is 2.11. The Kier molecular flexibility index (Phi) is 2.85. The second kappa shape index (κ2) is 3.91. The van der Waals surface area contributed by atoms with Gasteiger partial charge in [-0.25, -0.2) is 9.97 Å². The van der Waals surface area contributed by atoms with E-state index in [-0.39, 0.29) is 23.7 Å². The Morgan fingerprint density at radius 3 is 2.36 bits per heavy atom. The Morgan fingerprint density at radius 2 is 1.93 bits per heavy atom. The summed E-state index contributed by atoms with van der Waals surface area (Å²) in [6.45, 7) is 1.47. The number of hydrogen-bond acceptors (Lipinski definition) is 5. The zero-order chi connectivity index (χ0) is 10.7. The lowest BCUT2D eigenvalue weighted by Gasteiger charge is -2.07. The number of nitrogens with zero attached hydrogens (tertiary/aromatic N) is 2. The van der Waals surface area contributed by atoms with Crippen LogP contribution in [0.3, 0.4) is 0 Å². The number of aromatic hydroxyl groups is 2. The first-order valence-electron chi connectivity index (χ1n) is 3.97. The van der Waals surface area contributed by atoms with Crippen LogP contribution >= 0.6 is 0 Å². The molecule has 1 aromatic rings. The predicted molar refractivity (Wildman–Crippen MR) is 45.9 cm³/mol. The van der Waals surface area contributed by atoms with E-state index >= 15 is 0 Å². The summed E-state index contributed by atoms with van der Waals surface area (Å²) in [5.41, 5.74) is 0.0578. The first-order chi connectivity index (χ1) is 6.52. The zero-order valence-electron chi connectivity index (χ0n) is 7.51. The van der Waals surface area contributed by atoms with E-state index in [4.69, 9.17) is 5.11 Å². The molecule has 1 atom stereocenters. The molecule has 1 unspecified atom stereocenters. The van der Waals surface area contributed by atoms with Crippen molar-refractivity contribution in [3.8, 4) is 11.8 Å². The third-order valence-corrected chi connectivity index (χ3v) is 1.83. The molecular weight excluding hydrogens is 188 g/mol. The summed E-state index contributed by atoms with van der Waals surface area (Å²) in [4.78, 5) is 17.4. The van der Waals surface area contributed by atoms with E-state index in [9.17, 15) is 15.0 Å².